The maximum atomic E-state index is 9.92. The second kappa shape index (κ2) is 26.0. The molecule has 0 rings (SSSR count). The molecule has 4 nitrogen and oxygen atoms in total. The summed E-state index contributed by atoms with van der Waals surface area (Å²) in [4.78, 5) is 19.8. The number of carboxylic acids is 2. The van der Waals surface area contributed by atoms with Crippen LogP contribution in [-0.2, 0) is 9.59 Å². The minimum atomic E-state index is -0.920. The predicted octanol–water partition coefficient (Wildman–Crippen LogP) is -1.18. The standard InChI is InChI=1S/2C8H16O2.BrH.Ga/c2*1-2-3-4-5-6-7-8(9)10;;/h2*2-7H2,1H3,(H,9,10);1H;/q;;;+3/p-3. The van der Waals surface area contributed by atoms with Gasteiger partial charge >= 0.3 is 19.8 Å². The van der Waals surface area contributed by atoms with Gasteiger partial charge in [0.1, 0.15) is 0 Å². The van der Waals surface area contributed by atoms with Gasteiger partial charge in [-0.25, -0.2) is 0 Å². The third-order valence-electron chi connectivity index (χ3n) is 2.97. The molecule has 0 radical (unpaired) electrons. The summed E-state index contributed by atoms with van der Waals surface area (Å²) in [5, 5.41) is 19.8. The van der Waals surface area contributed by atoms with Crippen LogP contribution in [0.3, 0.4) is 0 Å². The number of halogens is 1. The zero-order chi connectivity index (χ0) is 15.6. The molecule has 0 unspecified atom stereocenters. The number of hydrogen-bond donors (Lipinski definition) is 0. The first-order valence-electron chi connectivity index (χ1n) is 7.94. The summed E-state index contributed by atoms with van der Waals surface area (Å²) < 4.78 is 0. The molecule has 0 heterocycles. The third kappa shape index (κ3) is 36.9. The van der Waals surface area contributed by atoms with Gasteiger partial charge < -0.3 is 36.8 Å². The van der Waals surface area contributed by atoms with Crippen LogP contribution in [0.15, 0.2) is 0 Å². The second-order valence-electron chi connectivity index (χ2n) is 5.07. The first kappa shape index (κ1) is 30.0. The van der Waals surface area contributed by atoms with Gasteiger partial charge in [0.15, 0.2) is 0 Å². The van der Waals surface area contributed by atoms with Crippen LogP contribution in [0.4, 0.5) is 0 Å². The third-order valence-corrected chi connectivity index (χ3v) is 2.97. The van der Waals surface area contributed by atoms with Crippen molar-refractivity contribution in [2.75, 3.05) is 0 Å². The molecule has 0 aliphatic heterocycles. The summed E-state index contributed by atoms with van der Waals surface area (Å²) in [7, 11) is 0. The van der Waals surface area contributed by atoms with E-state index in [2.05, 4.69) is 13.8 Å². The maximum absolute atomic E-state index is 9.92. The Kier molecular flexibility index (Phi) is 35.4. The van der Waals surface area contributed by atoms with Gasteiger partial charge in [-0.05, 0) is 25.7 Å². The molecule has 0 aromatic carbocycles. The van der Waals surface area contributed by atoms with E-state index in [9.17, 15) is 19.8 Å². The van der Waals surface area contributed by atoms with Crippen molar-refractivity contribution in [3.05, 3.63) is 0 Å². The van der Waals surface area contributed by atoms with Crippen molar-refractivity contribution in [3.8, 4) is 0 Å². The van der Waals surface area contributed by atoms with Crippen LogP contribution in [0.2, 0.25) is 0 Å². The summed E-state index contributed by atoms with van der Waals surface area (Å²) in [5.41, 5.74) is 0. The zero-order valence-corrected chi connectivity index (χ0v) is 18.1. The van der Waals surface area contributed by atoms with Gasteiger partial charge in [-0.15, -0.1) is 0 Å². The van der Waals surface area contributed by atoms with Crippen LogP contribution in [-0.4, -0.2) is 31.7 Å². The van der Waals surface area contributed by atoms with Crippen molar-refractivity contribution in [1.82, 2.24) is 0 Å². The molecule has 0 aliphatic carbocycles. The van der Waals surface area contributed by atoms with Gasteiger partial charge in [-0.3, -0.25) is 0 Å². The van der Waals surface area contributed by atoms with E-state index >= 15 is 0 Å². The molecule has 0 amide bonds. The average molecular weight is 436 g/mol. The normalized spacial score (nSPS) is 8.82. The van der Waals surface area contributed by atoms with E-state index < -0.39 is 11.9 Å². The zero-order valence-electron chi connectivity index (χ0n) is 14.1. The molecular formula is C16H30BrGaO4. The Morgan fingerprint density at radius 1 is 0.636 bits per heavy atom. The number of rotatable bonds is 12. The van der Waals surface area contributed by atoms with Crippen LogP contribution < -0.4 is 27.2 Å². The number of aliphatic carboxylic acids is 2. The van der Waals surface area contributed by atoms with E-state index in [4.69, 9.17) is 0 Å². The van der Waals surface area contributed by atoms with E-state index in [1.165, 1.54) is 25.7 Å². The van der Waals surface area contributed by atoms with Crippen molar-refractivity contribution < 1.29 is 36.8 Å². The van der Waals surface area contributed by atoms with Gasteiger partial charge in [-0.2, -0.15) is 0 Å². The topological polar surface area (TPSA) is 80.3 Å². The molecule has 128 valence electrons. The predicted molar refractivity (Wildman–Crippen MR) is 82.5 cm³/mol. The van der Waals surface area contributed by atoms with E-state index in [-0.39, 0.29) is 49.6 Å². The smallest absolute Gasteiger partial charge is 1.00 e. The Morgan fingerprint density at radius 2 is 0.909 bits per heavy atom. The van der Waals surface area contributed by atoms with E-state index in [1.54, 1.807) is 0 Å². The summed E-state index contributed by atoms with van der Waals surface area (Å²) in [5.74, 6) is -1.84. The fourth-order valence-electron chi connectivity index (χ4n) is 1.75. The summed E-state index contributed by atoms with van der Waals surface area (Å²) in [6, 6.07) is 0. The largest absolute Gasteiger partial charge is 3.00 e. The summed E-state index contributed by atoms with van der Waals surface area (Å²) in [6.07, 6.45) is 11.2. The number of unbranched alkanes of at least 4 members (excludes halogenated alkanes) is 8. The molecule has 6 heteroatoms. The van der Waals surface area contributed by atoms with Crippen LogP contribution in [0.25, 0.3) is 0 Å². The van der Waals surface area contributed by atoms with Crippen LogP contribution in [0.1, 0.15) is 90.9 Å². The summed E-state index contributed by atoms with van der Waals surface area (Å²) >= 11 is 0. The molecular weight excluding hydrogens is 406 g/mol. The molecule has 0 saturated carbocycles. The molecule has 0 saturated heterocycles. The Bertz CT molecular complexity index is 214. The summed E-state index contributed by atoms with van der Waals surface area (Å²) in [6.45, 7) is 4.28. The Morgan fingerprint density at radius 3 is 1.14 bits per heavy atom. The molecule has 0 spiro atoms. The van der Waals surface area contributed by atoms with Crippen molar-refractivity contribution in [2.45, 2.75) is 90.9 Å². The van der Waals surface area contributed by atoms with E-state index in [0.717, 1.165) is 38.5 Å². The SMILES string of the molecule is CCCCCCCC(=O)[O-].CCCCCCCC(=O)[O-].[Br-].[Ga+3]. The van der Waals surface area contributed by atoms with Crippen molar-refractivity contribution in [1.29, 1.82) is 0 Å². The van der Waals surface area contributed by atoms with Crippen LogP contribution in [0, 0.1) is 0 Å². The Hall–Kier alpha value is 0.0564. The van der Waals surface area contributed by atoms with E-state index in [0.29, 0.717) is 0 Å². The Labute approximate surface area is 159 Å². The molecule has 0 aromatic heterocycles. The molecule has 0 bridgehead atoms. The monoisotopic (exact) mass is 434 g/mol. The van der Waals surface area contributed by atoms with Crippen molar-refractivity contribution in [2.24, 2.45) is 0 Å². The quantitative estimate of drug-likeness (QED) is 0.285. The fraction of sp³-hybridized carbons (Fsp3) is 0.875. The molecule has 0 aliphatic rings. The van der Waals surface area contributed by atoms with Gasteiger partial charge in [0.05, 0.1) is 0 Å². The van der Waals surface area contributed by atoms with Crippen LogP contribution >= 0.6 is 0 Å². The van der Waals surface area contributed by atoms with Gasteiger partial charge in [0.2, 0.25) is 0 Å². The molecule has 0 aromatic rings. The second-order valence-corrected chi connectivity index (χ2v) is 5.07. The fourth-order valence-corrected chi connectivity index (χ4v) is 1.75. The van der Waals surface area contributed by atoms with Gasteiger partial charge in [0.25, 0.3) is 0 Å². The average Bonchev–Trinajstić information content (AvgIpc) is 2.38. The van der Waals surface area contributed by atoms with Gasteiger partial charge in [-0.1, -0.05) is 65.2 Å². The van der Waals surface area contributed by atoms with E-state index in [1.807, 2.05) is 0 Å². The first-order chi connectivity index (χ1) is 9.54. The number of hydrogen-bond acceptors (Lipinski definition) is 4. The Balaban J connectivity index is -0.000000135. The van der Waals surface area contributed by atoms with Crippen molar-refractivity contribution in [3.63, 3.8) is 0 Å². The minimum absolute atomic E-state index is 0. The molecule has 0 atom stereocenters. The van der Waals surface area contributed by atoms with Gasteiger partial charge in [0, 0.05) is 11.9 Å². The molecule has 0 N–H and O–H groups in total. The number of carboxylic acid groups (broad SMARTS) is 2. The van der Waals surface area contributed by atoms with Crippen molar-refractivity contribution >= 4 is 31.7 Å². The molecule has 0 fully saturated rings. The minimum Gasteiger partial charge on any atom is -1.00 e. The van der Waals surface area contributed by atoms with Crippen LogP contribution in [0.5, 0.6) is 0 Å². The number of carbonyl (C=O) groups excluding carboxylic acids is 2. The maximum Gasteiger partial charge on any atom is 3.00 e. The first-order valence-corrected chi connectivity index (χ1v) is 7.94. The molecule has 22 heavy (non-hydrogen) atoms. The number of carbonyl (C=O) groups is 2.